The van der Waals surface area contributed by atoms with Crippen molar-refractivity contribution in [3.63, 3.8) is 0 Å². The Kier molecular flexibility index (Phi) is 4.91. The zero-order valence-electron chi connectivity index (χ0n) is 10.3. The van der Waals surface area contributed by atoms with E-state index < -0.39 is 11.7 Å². The molecule has 0 atom stereocenters. The standard InChI is InChI=1S/C13H16F3N.ClH/c1-10-9-11(13(14,15)16)5-6-12(10)17-7-3-2-4-8-17;/h5-6,9H,2-4,7-8H2,1H3;1H. The number of halogens is 4. The predicted molar refractivity (Wildman–Crippen MR) is 69.5 cm³/mol. The molecular formula is C13H17ClF3N. The lowest BCUT2D eigenvalue weighted by atomic mass is 10.1. The van der Waals surface area contributed by atoms with Crippen LogP contribution in [0, 0.1) is 6.92 Å². The molecule has 0 radical (unpaired) electrons. The fraction of sp³-hybridized carbons (Fsp3) is 0.538. The zero-order valence-corrected chi connectivity index (χ0v) is 11.1. The summed E-state index contributed by atoms with van der Waals surface area (Å²) in [5.74, 6) is 0. The number of rotatable bonds is 1. The van der Waals surface area contributed by atoms with Crippen molar-refractivity contribution >= 4 is 18.1 Å². The highest BCUT2D eigenvalue weighted by Crippen LogP contribution is 2.33. The number of alkyl halides is 3. The molecule has 0 aliphatic carbocycles. The number of piperidine rings is 1. The van der Waals surface area contributed by atoms with Gasteiger partial charge in [-0.15, -0.1) is 12.4 Å². The van der Waals surface area contributed by atoms with Crippen LogP contribution in [0.15, 0.2) is 18.2 Å². The molecule has 0 amide bonds. The average molecular weight is 280 g/mol. The van der Waals surface area contributed by atoms with Crippen LogP contribution in [0.3, 0.4) is 0 Å². The second kappa shape index (κ2) is 5.83. The molecule has 0 saturated carbocycles. The highest BCUT2D eigenvalue weighted by molar-refractivity contribution is 5.85. The molecule has 18 heavy (non-hydrogen) atoms. The van der Waals surface area contributed by atoms with E-state index >= 15 is 0 Å². The number of nitrogens with zero attached hydrogens (tertiary/aromatic N) is 1. The van der Waals surface area contributed by atoms with E-state index in [9.17, 15) is 13.2 Å². The molecule has 102 valence electrons. The number of aryl methyl sites for hydroxylation is 1. The fourth-order valence-corrected chi connectivity index (χ4v) is 2.32. The molecule has 1 saturated heterocycles. The predicted octanol–water partition coefficient (Wildman–Crippen LogP) is 4.43. The highest BCUT2D eigenvalue weighted by Gasteiger charge is 2.30. The molecule has 1 nitrogen and oxygen atoms in total. The molecule has 1 fully saturated rings. The molecule has 0 unspecified atom stereocenters. The Hall–Kier alpha value is -0.900. The largest absolute Gasteiger partial charge is 0.416 e. The molecule has 0 aromatic heterocycles. The van der Waals surface area contributed by atoms with E-state index in [4.69, 9.17) is 0 Å². The van der Waals surface area contributed by atoms with Crippen molar-refractivity contribution in [2.75, 3.05) is 18.0 Å². The number of hydrogen-bond acceptors (Lipinski definition) is 1. The Labute approximate surface area is 111 Å². The summed E-state index contributed by atoms with van der Waals surface area (Å²) in [5, 5.41) is 0. The number of benzene rings is 1. The van der Waals surface area contributed by atoms with Gasteiger partial charge in [0, 0.05) is 18.8 Å². The van der Waals surface area contributed by atoms with E-state index in [1.165, 1.54) is 18.6 Å². The van der Waals surface area contributed by atoms with Gasteiger partial charge in [0.15, 0.2) is 0 Å². The van der Waals surface area contributed by atoms with E-state index in [1.807, 2.05) is 0 Å². The zero-order chi connectivity index (χ0) is 12.5. The fourth-order valence-electron chi connectivity index (χ4n) is 2.32. The Morgan fingerprint density at radius 2 is 1.67 bits per heavy atom. The van der Waals surface area contributed by atoms with Crippen LogP contribution < -0.4 is 4.90 Å². The minimum atomic E-state index is -4.24. The molecule has 1 aliphatic rings. The minimum absolute atomic E-state index is 0. The van der Waals surface area contributed by atoms with Crippen molar-refractivity contribution in [2.24, 2.45) is 0 Å². The van der Waals surface area contributed by atoms with Gasteiger partial charge >= 0.3 is 6.18 Å². The highest BCUT2D eigenvalue weighted by atomic mass is 35.5. The molecule has 5 heteroatoms. The quantitative estimate of drug-likeness (QED) is 0.735. The van der Waals surface area contributed by atoms with Crippen LogP contribution in [-0.4, -0.2) is 13.1 Å². The van der Waals surface area contributed by atoms with Crippen LogP contribution in [0.4, 0.5) is 18.9 Å². The van der Waals surface area contributed by atoms with Crippen LogP contribution in [0.2, 0.25) is 0 Å². The van der Waals surface area contributed by atoms with Crippen molar-refractivity contribution in [1.29, 1.82) is 0 Å². The summed E-state index contributed by atoms with van der Waals surface area (Å²) in [5.41, 5.74) is 1.09. The van der Waals surface area contributed by atoms with Crippen LogP contribution in [0.5, 0.6) is 0 Å². The van der Waals surface area contributed by atoms with Crippen LogP contribution in [0.1, 0.15) is 30.4 Å². The monoisotopic (exact) mass is 279 g/mol. The topological polar surface area (TPSA) is 3.24 Å². The summed E-state index contributed by atoms with van der Waals surface area (Å²) in [4.78, 5) is 2.18. The second-order valence-electron chi connectivity index (χ2n) is 4.55. The molecular weight excluding hydrogens is 263 g/mol. The first-order valence-electron chi connectivity index (χ1n) is 5.91. The van der Waals surface area contributed by atoms with Gasteiger partial charge in [-0.2, -0.15) is 13.2 Å². The Morgan fingerprint density at radius 3 is 2.17 bits per heavy atom. The van der Waals surface area contributed by atoms with Gasteiger partial charge in [-0.1, -0.05) is 0 Å². The molecule has 1 aromatic carbocycles. The van der Waals surface area contributed by atoms with E-state index in [1.54, 1.807) is 13.0 Å². The van der Waals surface area contributed by atoms with Gasteiger partial charge in [-0.3, -0.25) is 0 Å². The summed E-state index contributed by atoms with van der Waals surface area (Å²) in [6, 6.07) is 4.02. The van der Waals surface area contributed by atoms with Crippen LogP contribution in [-0.2, 0) is 6.18 Å². The lowest BCUT2D eigenvalue weighted by molar-refractivity contribution is -0.137. The third kappa shape index (κ3) is 3.31. The molecule has 0 spiro atoms. The molecule has 0 bridgehead atoms. The first kappa shape index (κ1) is 15.2. The van der Waals surface area contributed by atoms with Gasteiger partial charge in [-0.25, -0.2) is 0 Å². The van der Waals surface area contributed by atoms with Crippen LogP contribution >= 0.6 is 12.4 Å². The summed E-state index contributed by atoms with van der Waals surface area (Å²) >= 11 is 0. The van der Waals surface area contributed by atoms with E-state index in [0.717, 1.165) is 31.6 Å². The third-order valence-electron chi connectivity index (χ3n) is 3.22. The molecule has 2 rings (SSSR count). The maximum atomic E-state index is 12.5. The Morgan fingerprint density at radius 1 is 1.06 bits per heavy atom. The first-order valence-corrected chi connectivity index (χ1v) is 5.91. The van der Waals surface area contributed by atoms with Crippen molar-refractivity contribution in [2.45, 2.75) is 32.4 Å². The maximum Gasteiger partial charge on any atom is 0.416 e. The second-order valence-corrected chi connectivity index (χ2v) is 4.55. The van der Waals surface area contributed by atoms with Crippen LogP contribution in [0.25, 0.3) is 0 Å². The lowest BCUT2D eigenvalue weighted by Crippen LogP contribution is -2.30. The molecule has 1 heterocycles. The van der Waals surface area contributed by atoms with Gasteiger partial charge in [-0.05, 0) is 49.9 Å². The molecule has 0 N–H and O–H groups in total. The first-order chi connectivity index (χ1) is 7.98. The summed E-state index contributed by atoms with van der Waals surface area (Å²) in [7, 11) is 0. The average Bonchev–Trinajstić information content (AvgIpc) is 2.29. The van der Waals surface area contributed by atoms with Gasteiger partial charge in [0.05, 0.1) is 5.56 Å². The van der Waals surface area contributed by atoms with Gasteiger partial charge in [0.1, 0.15) is 0 Å². The van der Waals surface area contributed by atoms with E-state index in [2.05, 4.69) is 4.90 Å². The van der Waals surface area contributed by atoms with Crippen molar-refractivity contribution < 1.29 is 13.2 Å². The number of anilines is 1. The molecule has 1 aromatic rings. The smallest absolute Gasteiger partial charge is 0.371 e. The van der Waals surface area contributed by atoms with E-state index in [-0.39, 0.29) is 12.4 Å². The number of hydrogen-bond donors (Lipinski definition) is 0. The maximum absolute atomic E-state index is 12.5. The third-order valence-corrected chi connectivity index (χ3v) is 3.22. The summed E-state index contributed by atoms with van der Waals surface area (Å²) < 4.78 is 37.6. The molecule has 1 aliphatic heterocycles. The normalized spacial score (nSPS) is 16.3. The SMILES string of the molecule is Cc1cc(C(F)(F)F)ccc1N1CCCCC1.Cl. The van der Waals surface area contributed by atoms with Gasteiger partial charge < -0.3 is 4.90 Å². The Bertz CT molecular complexity index is 398. The van der Waals surface area contributed by atoms with Crippen molar-refractivity contribution in [3.05, 3.63) is 29.3 Å². The van der Waals surface area contributed by atoms with Crippen molar-refractivity contribution in [3.8, 4) is 0 Å². The minimum Gasteiger partial charge on any atom is -0.371 e. The summed E-state index contributed by atoms with van der Waals surface area (Å²) in [6.07, 6.45) is -0.776. The lowest BCUT2D eigenvalue weighted by Gasteiger charge is -2.30. The Balaban J connectivity index is 0.00000162. The summed E-state index contributed by atoms with van der Waals surface area (Å²) in [6.45, 7) is 3.65. The van der Waals surface area contributed by atoms with Gasteiger partial charge in [0.2, 0.25) is 0 Å². The van der Waals surface area contributed by atoms with Gasteiger partial charge in [0.25, 0.3) is 0 Å². The van der Waals surface area contributed by atoms with E-state index in [0.29, 0.717) is 5.56 Å². The van der Waals surface area contributed by atoms with Crippen molar-refractivity contribution in [1.82, 2.24) is 0 Å².